The van der Waals surface area contributed by atoms with Crippen molar-refractivity contribution in [2.75, 3.05) is 0 Å². The Bertz CT molecular complexity index is 373. The van der Waals surface area contributed by atoms with E-state index in [1.807, 2.05) is 0 Å². The van der Waals surface area contributed by atoms with E-state index in [1.54, 1.807) is 6.21 Å². The Morgan fingerprint density at radius 2 is 2.42 bits per heavy atom. The molecule has 60 valence electrons. The minimum Gasteiger partial charge on any atom is -0.475 e. The van der Waals surface area contributed by atoms with Crippen molar-refractivity contribution < 1.29 is 9.90 Å². The highest BCUT2D eigenvalue weighted by Gasteiger charge is 2.12. The molecule has 0 aromatic carbocycles. The number of hydrogen-bond donors (Lipinski definition) is 1. The smallest absolute Gasteiger partial charge is 0.373 e. The molecule has 1 aromatic heterocycles. The van der Waals surface area contributed by atoms with Crippen molar-refractivity contribution >= 4 is 12.2 Å². The minimum absolute atomic E-state index is 0.179. The van der Waals surface area contributed by atoms with Gasteiger partial charge in [0.25, 0.3) is 0 Å². The van der Waals surface area contributed by atoms with E-state index >= 15 is 0 Å². The number of carboxylic acids is 1. The Balaban J connectivity index is 2.51. The van der Waals surface area contributed by atoms with Crippen LogP contribution in [0.3, 0.4) is 0 Å². The van der Waals surface area contributed by atoms with Crippen molar-refractivity contribution in [3.8, 4) is 0 Å². The van der Waals surface area contributed by atoms with Crippen LogP contribution in [-0.2, 0) is 6.54 Å². The predicted molar refractivity (Wildman–Crippen MR) is 40.3 cm³/mol. The number of carboxylic acid groups (broad SMARTS) is 1. The molecule has 1 aromatic rings. The summed E-state index contributed by atoms with van der Waals surface area (Å²) >= 11 is 0. The average molecular weight is 163 g/mol. The Morgan fingerprint density at radius 3 is 3.17 bits per heavy atom. The molecule has 1 aliphatic rings. The molecule has 2 heterocycles. The minimum atomic E-state index is -1.11. The van der Waals surface area contributed by atoms with Crippen LogP contribution in [0.25, 0.3) is 0 Å². The molecule has 0 unspecified atom stereocenters. The van der Waals surface area contributed by atoms with E-state index in [9.17, 15) is 4.79 Å². The van der Waals surface area contributed by atoms with Crippen LogP contribution in [0.5, 0.6) is 0 Å². The van der Waals surface area contributed by atoms with Gasteiger partial charge in [0.1, 0.15) is 0 Å². The van der Waals surface area contributed by atoms with Crippen LogP contribution in [0.15, 0.2) is 11.2 Å². The molecule has 0 atom stereocenters. The highest BCUT2D eigenvalue weighted by molar-refractivity contribution is 5.86. The Kier molecular flexibility index (Phi) is 1.36. The molecule has 1 N–H and O–H groups in total. The van der Waals surface area contributed by atoms with Crippen LogP contribution >= 0.6 is 0 Å². The summed E-state index contributed by atoms with van der Waals surface area (Å²) in [5.74, 6) is -1.29. The maximum Gasteiger partial charge on any atom is 0.373 e. The van der Waals surface area contributed by atoms with E-state index in [0.717, 1.165) is 5.56 Å². The van der Waals surface area contributed by atoms with Gasteiger partial charge in [0, 0.05) is 18.0 Å². The van der Waals surface area contributed by atoms with Gasteiger partial charge in [0.15, 0.2) is 0 Å². The van der Waals surface area contributed by atoms with Crippen LogP contribution in [0.1, 0.15) is 21.9 Å². The SMILES string of the molecule is O=C(O)c1ncc2c(n1)C=NC2. The monoisotopic (exact) mass is 163 g/mol. The number of aliphatic imine (C=N–C) groups is 1. The second kappa shape index (κ2) is 2.37. The molecule has 1 aliphatic heterocycles. The first-order valence-electron chi connectivity index (χ1n) is 3.36. The van der Waals surface area contributed by atoms with Crippen LogP contribution < -0.4 is 0 Å². The molecule has 5 nitrogen and oxygen atoms in total. The first-order valence-corrected chi connectivity index (χ1v) is 3.36. The summed E-state index contributed by atoms with van der Waals surface area (Å²) in [5.41, 5.74) is 1.49. The maximum atomic E-state index is 10.4. The zero-order chi connectivity index (χ0) is 8.55. The highest BCUT2D eigenvalue weighted by Crippen LogP contribution is 2.10. The number of hydrogen-bond acceptors (Lipinski definition) is 4. The van der Waals surface area contributed by atoms with Gasteiger partial charge in [0.2, 0.25) is 5.82 Å². The van der Waals surface area contributed by atoms with Crippen molar-refractivity contribution in [3.63, 3.8) is 0 Å². The summed E-state index contributed by atoms with van der Waals surface area (Å²) in [6.07, 6.45) is 3.06. The molecule has 0 radical (unpaired) electrons. The Morgan fingerprint density at radius 1 is 1.58 bits per heavy atom. The molecular weight excluding hydrogens is 158 g/mol. The number of nitrogens with zero attached hydrogens (tertiary/aromatic N) is 3. The van der Waals surface area contributed by atoms with E-state index in [4.69, 9.17) is 5.11 Å². The van der Waals surface area contributed by atoms with E-state index in [0.29, 0.717) is 12.2 Å². The fourth-order valence-electron chi connectivity index (χ4n) is 0.987. The molecule has 12 heavy (non-hydrogen) atoms. The molecule has 0 bridgehead atoms. The molecular formula is C7H5N3O2. The lowest BCUT2D eigenvalue weighted by molar-refractivity contribution is 0.0683. The maximum absolute atomic E-state index is 10.4. The summed E-state index contributed by atoms with van der Waals surface area (Å²) in [6, 6.07) is 0. The lowest BCUT2D eigenvalue weighted by atomic mass is 10.3. The van der Waals surface area contributed by atoms with Crippen LogP contribution in [0.2, 0.25) is 0 Å². The van der Waals surface area contributed by atoms with Gasteiger partial charge in [0.05, 0.1) is 12.2 Å². The Labute approximate surface area is 67.8 Å². The number of rotatable bonds is 1. The third kappa shape index (κ3) is 0.952. The summed E-state index contributed by atoms with van der Waals surface area (Å²) in [4.78, 5) is 21.8. The second-order valence-electron chi connectivity index (χ2n) is 2.38. The first kappa shape index (κ1) is 6.90. The van der Waals surface area contributed by atoms with Crippen molar-refractivity contribution in [3.05, 3.63) is 23.3 Å². The summed E-state index contributed by atoms with van der Waals surface area (Å²) in [7, 11) is 0. The van der Waals surface area contributed by atoms with Crippen LogP contribution in [0, 0.1) is 0 Å². The highest BCUT2D eigenvalue weighted by atomic mass is 16.4. The molecule has 5 heteroatoms. The molecule has 0 saturated carbocycles. The van der Waals surface area contributed by atoms with Gasteiger partial charge in [-0.25, -0.2) is 14.8 Å². The second-order valence-corrected chi connectivity index (χ2v) is 2.38. The van der Waals surface area contributed by atoms with Crippen molar-refractivity contribution in [1.29, 1.82) is 0 Å². The predicted octanol–water partition coefficient (Wildman–Crippen LogP) is 0.107. The summed E-state index contributed by atoms with van der Waals surface area (Å²) in [6.45, 7) is 0.551. The standard InChI is InChI=1S/C7H5N3O2/c11-7(12)6-9-2-4-1-8-3-5(4)10-6/h2-3H,1H2,(H,11,12). The quantitative estimate of drug-likeness (QED) is 0.637. The van der Waals surface area contributed by atoms with E-state index < -0.39 is 5.97 Å². The lowest BCUT2D eigenvalue weighted by Crippen LogP contribution is -2.06. The lowest BCUT2D eigenvalue weighted by Gasteiger charge is -1.95. The van der Waals surface area contributed by atoms with Gasteiger partial charge in [-0.05, 0) is 0 Å². The molecule has 0 spiro atoms. The largest absolute Gasteiger partial charge is 0.475 e. The fourth-order valence-corrected chi connectivity index (χ4v) is 0.987. The molecule has 0 saturated heterocycles. The average Bonchev–Trinajstić information content (AvgIpc) is 2.49. The van der Waals surface area contributed by atoms with Gasteiger partial charge in [-0.3, -0.25) is 4.99 Å². The molecule has 0 fully saturated rings. The Hall–Kier alpha value is -1.78. The molecule has 0 amide bonds. The van der Waals surface area contributed by atoms with E-state index in [-0.39, 0.29) is 5.82 Å². The third-order valence-corrected chi connectivity index (χ3v) is 1.56. The van der Waals surface area contributed by atoms with Crippen molar-refractivity contribution in [2.45, 2.75) is 6.54 Å². The van der Waals surface area contributed by atoms with Crippen LogP contribution in [-0.4, -0.2) is 27.3 Å². The number of carbonyl (C=O) groups is 1. The van der Waals surface area contributed by atoms with Crippen molar-refractivity contribution in [2.24, 2.45) is 4.99 Å². The van der Waals surface area contributed by atoms with E-state index in [2.05, 4.69) is 15.0 Å². The third-order valence-electron chi connectivity index (χ3n) is 1.56. The summed E-state index contributed by atoms with van der Waals surface area (Å²) in [5, 5.41) is 8.55. The normalized spacial score (nSPS) is 13.0. The number of fused-ring (bicyclic) bond motifs is 1. The molecule has 0 aliphatic carbocycles. The topological polar surface area (TPSA) is 75.4 Å². The zero-order valence-electron chi connectivity index (χ0n) is 6.06. The van der Waals surface area contributed by atoms with Gasteiger partial charge in [-0.15, -0.1) is 0 Å². The van der Waals surface area contributed by atoms with E-state index in [1.165, 1.54) is 6.20 Å². The van der Waals surface area contributed by atoms with Crippen molar-refractivity contribution in [1.82, 2.24) is 9.97 Å². The fraction of sp³-hybridized carbons (Fsp3) is 0.143. The number of aromatic nitrogens is 2. The van der Waals surface area contributed by atoms with Gasteiger partial charge >= 0.3 is 5.97 Å². The van der Waals surface area contributed by atoms with Crippen LogP contribution in [0.4, 0.5) is 0 Å². The first-order chi connectivity index (χ1) is 5.77. The number of aromatic carboxylic acids is 1. The molecule has 2 rings (SSSR count). The van der Waals surface area contributed by atoms with Gasteiger partial charge in [-0.1, -0.05) is 0 Å². The van der Waals surface area contributed by atoms with Gasteiger partial charge < -0.3 is 5.11 Å². The summed E-state index contributed by atoms with van der Waals surface area (Å²) < 4.78 is 0. The van der Waals surface area contributed by atoms with Gasteiger partial charge in [-0.2, -0.15) is 0 Å². The zero-order valence-corrected chi connectivity index (χ0v) is 6.06.